The second kappa shape index (κ2) is 2.71. The summed E-state index contributed by atoms with van der Waals surface area (Å²) >= 11 is 5.76. The van der Waals surface area contributed by atoms with Crippen LogP contribution in [-0.2, 0) is 0 Å². The van der Waals surface area contributed by atoms with E-state index in [4.69, 9.17) is 11.6 Å². The first kappa shape index (κ1) is 6.93. The summed E-state index contributed by atoms with van der Waals surface area (Å²) in [5.74, 6) is 1.04. The molecule has 11 heavy (non-hydrogen) atoms. The van der Waals surface area contributed by atoms with Crippen molar-refractivity contribution in [3.05, 3.63) is 47.5 Å². The highest BCUT2D eigenvalue weighted by Crippen LogP contribution is 2.28. The zero-order valence-electron chi connectivity index (χ0n) is 6.05. The maximum Gasteiger partial charge on any atom is 0.0327 e. The van der Waals surface area contributed by atoms with Crippen LogP contribution in [0.1, 0.15) is 17.0 Å². The number of allylic oxidation sites excluding steroid dienone is 1. The van der Waals surface area contributed by atoms with Crippen LogP contribution >= 0.6 is 11.6 Å². The van der Waals surface area contributed by atoms with E-state index in [1.165, 1.54) is 11.1 Å². The molecule has 1 atom stereocenters. The minimum absolute atomic E-state index is 0.382. The largest absolute Gasteiger partial charge is 0.126 e. The quantitative estimate of drug-likeness (QED) is 0.559. The van der Waals surface area contributed by atoms with E-state index in [0.29, 0.717) is 11.8 Å². The fourth-order valence-electron chi connectivity index (χ4n) is 1.36. The molecule has 55 valence electrons. The summed E-state index contributed by atoms with van der Waals surface area (Å²) < 4.78 is 0. The highest BCUT2D eigenvalue weighted by Gasteiger charge is 2.14. The molecule has 0 nitrogen and oxygen atoms in total. The van der Waals surface area contributed by atoms with Gasteiger partial charge in [0.25, 0.3) is 0 Å². The lowest BCUT2D eigenvalue weighted by Crippen LogP contribution is -1.92. The fourth-order valence-corrected chi connectivity index (χ4v) is 1.61. The lowest BCUT2D eigenvalue weighted by Gasteiger charge is -2.04. The van der Waals surface area contributed by atoms with E-state index in [1.54, 1.807) is 0 Å². The van der Waals surface area contributed by atoms with Gasteiger partial charge in [-0.05, 0) is 17.2 Å². The third-order valence-corrected chi connectivity index (χ3v) is 2.30. The molecule has 1 aliphatic rings. The van der Waals surface area contributed by atoms with Gasteiger partial charge in [-0.1, -0.05) is 30.3 Å². The van der Waals surface area contributed by atoms with E-state index in [2.05, 4.69) is 18.2 Å². The lowest BCUT2D eigenvalue weighted by molar-refractivity contribution is 0.999. The topological polar surface area (TPSA) is 0 Å². The molecule has 0 N–H and O–H groups in total. The van der Waals surface area contributed by atoms with Crippen molar-refractivity contribution in [3.63, 3.8) is 0 Å². The number of alkyl halides is 1. The second-order valence-electron chi connectivity index (χ2n) is 2.66. The molecule has 1 radical (unpaired) electrons. The lowest BCUT2D eigenvalue weighted by atomic mass is 10.0. The van der Waals surface area contributed by atoms with E-state index in [0.717, 1.165) is 0 Å². The predicted octanol–water partition coefficient (Wildman–Crippen LogP) is 2.73. The highest BCUT2D eigenvalue weighted by molar-refractivity contribution is 6.18. The standard InChI is InChI=1S/C10H8Cl/c11-7-9-6-5-8-3-1-2-4-10(8)9/h1-4,6,9H,7H2. The molecule has 0 fully saturated rings. The average Bonchev–Trinajstić information content (AvgIpc) is 2.47. The van der Waals surface area contributed by atoms with Crippen molar-refractivity contribution in [2.45, 2.75) is 5.92 Å². The first-order valence-corrected chi connectivity index (χ1v) is 4.20. The minimum atomic E-state index is 0.382. The van der Waals surface area contributed by atoms with Gasteiger partial charge in [0.05, 0.1) is 0 Å². The average molecular weight is 164 g/mol. The maximum atomic E-state index is 5.76. The van der Waals surface area contributed by atoms with Crippen molar-refractivity contribution in [2.75, 3.05) is 5.88 Å². The van der Waals surface area contributed by atoms with Crippen molar-refractivity contribution in [1.29, 1.82) is 0 Å². The second-order valence-corrected chi connectivity index (χ2v) is 2.97. The predicted molar refractivity (Wildman–Crippen MR) is 46.8 cm³/mol. The van der Waals surface area contributed by atoms with Crippen LogP contribution in [0.25, 0.3) is 0 Å². The summed E-state index contributed by atoms with van der Waals surface area (Å²) in [6.45, 7) is 0. The molecule has 0 heterocycles. The molecular weight excluding hydrogens is 156 g/mol. The van der Waals surface area contributed by atoms with Crippen LogP contribution in [0.4, 0.5) is 0 Å². The van der Waals surface area contributed by atoms with Crippen LogP contribution in [0.5, 0.6) is 0 Å². The van der Waals surface area contributed by atoms with Gasteiger partial charge in [0.15, 0.2) is 0 Å². The minimum Gasteiger partial charge on any atom is -0.126 e. The van der Waals surface area contributed by atoms with Crippen LogP contribution in [0.3, 0.4) is 0 Å². The molecule has 0 saturated heterocycles. The van der Waals surface area contributed by atoms with Gasteiger partial charge in [-0.15, -0.1) is 11.6 Å². The Morgan fingerprint density at radius 3 is 3.00 bits per heavy atom. The SMILES string of the molecule is ClCC1C=[C]c2ccccc21. The van der Waals surface area contributed by atoms with Gasteiger partial charge in [0.2, 0.25) is 0 Å². The summed E-state index contributed by atoms with van der Waals surface area (Å²) in [7, 11) is 0. The molecule has 0 bridgehead atoms. The molecule has 1 heteroatoms. The molecule has 0 aromatic heterocycles. The number of fused-ring (bicyclic) bond motifs is 1. The van der Waals surface area contributed by atoms with E-state index < -0.39 is 0 Å². The van der Waals surface area contributed by atoms with Crippen LogP contribution in [-0.4, -0.2) is 5.88 Å². The molecule has 2 rings (SSSR count). The number of benzene rings is 1. The maximum absolute atomic E-state index is 5.76. The van der Waals surface area contributed by atoms with Crippen molar-refractivity contribution >= 4 is 11.6 Å². The van der Waals surface area contributed by atoms with Crippen molar-refractivity contribution in [2.24, 2.45) is 0 Å². The Labute approximate surface area is 71.5 Å². The summed E-state index contributed by atoms with van der Waals surface area (Å²) in [4.78, 5) is 0. The van der Waals surface area contributed by atoms with Gasteiger partial charge in [-0.2, -0.15) is 0 Å². The molecule has 0 amide bonds. The third kappa shape index (κ3) is 1.08. The van der Waals surface area contributed by atoms with Crippen molar-refractivity contribution in [3.8, 4) is 0 Å². The highest BCUT2D eigenvalue weighted by atomic mass is 35.5. The van der Waals surface area contributed by atoms with Gasteiger partial charge in [0, 0.05) is 11.8 Å². The smallest absolute Gasteiger partial charge is 0.0327 e. The molecule has 1 unspecified atom stereocenters. The zero-order chi connectivity index (χ0) is 7.68. The molecule has 0 spiro atoms. The molecule has 1 aromatic rings. The zero-order valence-corrected chi connectivity index (χ0v) is 6.81. The van der Waals surface area contributed by atoms with Gasteiger partial charge < -0.3 is 0 Å². The molecule has 1 aliphatic carbocycles. The van der Waals surface area contributed by atoms with Crippen LogP contribution in [0.2, 0.25) is 0 Å². The fraction of sp³-hybridized carbons (Fsp3) is 0.200. The van der Waals surface area contributed by atoms with Crippen molar-refractivity contribution < 1.29 is 0 Å². The van der Waals surface area contributed by atoms with E-state index >= 15 is 0 Å². The summed E-state index contributed by atoms with van der Waals surface area (Å²) in [6, 6.07) is 8.24. The van der Waals surface area contributed by atoms with Crippen LogP contribution in [0.15, 0.2) is 30.3 Å². The normalized spacial score (nSPS) is 20.3. The molecule has 0 saturated carbocycles. The first-order valence-electron chi connectivity index (χ1n) is 3.66. The number of hydrogen-bond acceptors (Lipinski definition) is 0. The molecular formula is C10H8Cl. The Kier molecular flexibility index (Phi) is 1.71. The summed E-state index contributed by atoms with van der Waals surface area (Å²) in [6.07, 6.45) is 5.23. The molecule has 1 aromatic carbocycles. The van der Waals surface area contributed by atoms with Gasteiger partial charge in [-0.25, -0.2) is 0 Å². The first-order chi connectivity index (χ1) is 5.42. The Morgan fingerprint density at radius 2 is 2.18 bits per heavy atom. The molecule has 0 aliphatic heterocycles. The number of rotatable bonds is 1. The Morgan fingerprint density at radius 1 is 1.36 bits per heavy atom. The Hall–Kier alpha value is -0.750. The van der Waals surface area contributed by atoms with E-state index in [1.807, 2.05) is 18.2 Å². The van der Waals surface area contributed by atoms with Crippen LogP contribution in [0, 0.1) is 6.08 Å². The van der Waals surface area contributed by atoms with Gasteiger partial charge in [0.1, 0.15) is 0 Å². The summed E-state index contributed by atoms with van der Waals surface area (Å²) in [5, 5.41) is 0. The Bertz CT molecular complexity index is 289. The van der Waals surface area contributed by atoms with E-state index in [9.17, 15) is 0 Å². The number of hydrogen-bond donors (Lipinski definition) is 0. The van der Waals surface area contributed by atoms with Gasteiger partial charge >= 0.3 is 0 Å². The Balaban J connectivity index is 2.46. The van der Waals surface area contributed by atoms with Crippen LogP contribution < -0.4 is 0 Å². The third-order valence-electron chi connectivity index (χ3n) is 1.97. The summed E-state index contributed by atoms with van der Waals surface area (Å²) in [5.41, 5.74) is 2.50. The van der Waals surface area contributed by atoms with Crippen molar-refractivity contribution in [1.82, 2.24) is 0 Å². The van der Waals surface area contributed by atoms with E-state index in [-0.39, 0.29) is 0 Å². The van der Waals surface area contributed by atoms with Gasteiger partial charge in [-0.3, -0.25) is 0 Å². The number of halogens is 1. The monoisotopic (exact) mass is 163 g/mol.